The van der Waals surface area contributed by atoms with Crippen LogP contribution in [0.25, 0.3) is 27.7 Å². The minimum atomic E-state index is -1.05. The van der Waals surface area contributed by atoms with Gasteiger partial charge in [-0.3, -0.25) is 9.59 Å². The lowest BCUT2D eigenvalue weighted by atomic mass is 9.57. The maximum Gasteiger partial charge on any atom is 0.313 e. The molecule has 0 saturated heterocycles. The number of carbonyl (C=O) groups excluding carboxylic acids is 1. The molecule has 1 heterocycles. The summed E-state index contributed by atoms with van der Waals surface area (Å²) in [6.07, 6.45) is 3.38. The van der Waals surface area contributed by atoms with Crippen molar-refractivity contribution in [2.75, 3.05) is 6.86 Å². The first-order valence-electron chi connectivity index (χ1n) is 13.5. The summed E-state index contributed by atoms with van der Waals surface area (Å²) in [6.45, 7) is 0.883. The molecule has 2 bridgehead atoms. The van der Waals surface area contributed by atoms with Crippen LogP contribution >= 0.6 is 15.9 Å². The van der Waals surface area contributed by atoms with E-state index in [1.807, 2.05) is 55.5 Å². The number of nitrogens with one attached hydrogen (secondary N) is 1. The van der Waals surface area contributed by atoms with Gasteiger partial charge in [0.05, 0.1) is 27.7 Å². The molecule has 0 radical (unpaired) electrons. The standard InChI is InChI=1S/C33H28BrFN2O4/c1-20-28(24-17-22(34)11-12-26(24)36-29(20)21-7-3-2-4-8-21)30(38)37-33-15-13-32(14-16-33,31(39)40)18-25(33)23-9-5-6-10-27(23)41-19-35/h2-12,17-18H,13-16,19H2,1H3,(H,37,38)(H,39,40). The predicted octanol–water partition coefficient (Wildman–Crippen LogP) is 7.49. The number of fused-ring (bicyclic) bond motifs is 3. The van der Waals surface area contributed by atoms with Gasteiger partial charge < -0.3 is 15.2 Å². The molecule has 7 rings (SSSR count). The van der Waals surface area contributed by atoms with Crippen molar-refractivity contribution in [1.82, 2.24) is 10.3 Å². The molecule has 4 aromatic rings. The highest BCUT2D eigenvalue weighted by Gasteiger charge is 2.54. The van der Waals surface area contributed by atoms with Crippen molar-refractivity contribution >= 4 is 44.3 Å². The van der Waals surface area contributed by atoms with Gasteiger partial charge in [0.1, 0.15) is 5.75 Å². The molecule has 3 aliphatic rings. The van der Waals surface area contributed by atoms with Crippen LogP contribution in [0.5, 0.6) is 5.75 Å². The summed E-state index contributed by atoms with van der Waals surface area (Å²) in [5, 5.41) is 14.2. The molecule has 0 spiro atoms. The number of hydrogen-bond acceptors (Lipinski definition) is 4. The van der Waals surface area contributed by atoms with Crippen molar-refractivity contribution in [3.05, 3.63) is 100 Å². The average molecular weight is 615 g/mol. The van der Waals surface area contributed by atoms with Gasteiger partial charge in [-0.15, -0.1) is 0 Å². The average Bonchev–Trinajstić information content (AvgIpc) is 2.98. The van der Waals surface area contributed by atoms with E-state index in [-0.39, 0.29) is 5.91 Å². The van der Waals surface area contributed by atoms with E-state index in [0.29, 0.717) is 59.0 Å². The Morgan fingerprint density at radius 1 is 1.02 bits per heavy atom. The Hall–Kier alpha value is -4.04. The van der Waals surface area contributed by atoms with E-state index in [2.05, 4.69) is 21.2 Å². The fourth-order valence-electron chi connectivity index (χ4n) is 6.41. The molecular weight excluding hydrogens is 587 g/mol. The molecule has 1 amide bonds. The third kappa shape index (κ3) is 4.60. The fourth-order valence-corrected chi connectivity index (χ4v) is 6.77. The predicted molar refractivity (Wildman–Crippen MR) is 159 cm³/mol. The van der Waals surface area contributed by atoms with Crippen LogP contribution in [0, 0.1) is 12.3 Å². The van der Waals surface area contributed by atoms with Gasteiger partial charge in [-0.2, -0.15) is 0 Å². The molecule has 0 aliphatic heterocycles. The first-order chi connectivity index (χ1) is 19.8. The number of amides is 1. The van der Waals surface area contributed by atoms with Gasteiger partial charge in [-0.25, -0.2) is 9.37 Å². The zero-order chi connectivity index (χ0) is 28.8. The minimum absolute atomic E-state index is 0.273. The van der Waals surface area contributed by atoms with Crippen LogP contribution < -0.4 is 10.1 Å². The Bertz CT molecular complexity index is 1710. The highest BCUT2D eigenvalue weighted by atomic mass is 79.9. The van der Waals surface area contributed by atoms with Gasteiger partial charge in [0.2, 0.25) is 6.86 Å². The van der Waals surface area contributed by atoms with Crippen LogP contribution in [0.15, 0.2) is 83.3 Å². The lowest BCUT2D eigenvalue weighted by Crippen LogP contribution is -2.57. The van der Waals surface area contributed by atoms with Crippen molar-refractivity contribution in [2.45, 2.75) is 38.1 Å². The number of rotatable bonds is 7. The first-order valence-corrected chi connectivity index (χ1v) is 14.3. The van der Waals surface area contributed by atoms with E-state index >= 15 is 0 Å². The summed E-state index contributed by atoms with van der Waals surface area (Å²) in [5.74, 6) is -0.861. The van der Waals surface area contributed by atoms with Gasteiger partial charge in [0.25, 0.3) is 5.91 Å². The smallest absolute Gasteiger partial charge is 0.313 e. The Kier molecular flexibility index (Phi) is 6.90. The summed E-state index contributed by atoms with van der Waals surface area (Å²) < 4.78 is 19.5. The Labute approximate surface area is 245 Å². The number of nitrogens with zero attached hydrogens (tertiary/aromatic N) is 1. The lowest BCUT2D eigenvalue weighted by molar-refractivity contribution is -0.148. The number of pyridine rings is 1. The van der Waals surface area contributed by atoms with Crippen LogP contribution in [0.4, 0.5) is 4.39 Å². The molecule has 0 atom stereocenters. The Morgan fingerprint density at radius 3 is 2.44 bits per heavy atom. The number of aliphatic carboxylic acids is 1. The molecular formula is C33H28BrFN2O4. The number of carboxylic acid groups (broad SMARTS) is 1. The molecule has 1 aromatic heterocycles. The Balaban J connectivity index is 1.51. The van der Waals surface area contributed by atoms with Crippen LogP contribution in [-0.2, 0) is 4.79 Å². The van der Waals surface area contributed by atoms with Crippen molar-refractivity contribution in [2.24, 2.45) is 5.41 Å². The highest BCUT2D eigenvalue weighted by Crippen LogP contribution is 2.55. The largest absolute Gasteiger partial charge is 0.481 e. The van der Waals surface area contributed by atoms with E-state index in [1.165, 1.54) is 0 Å². The van der Waals surface area contributed by atoms with Gasteiger partial charge in [0.15, 0.2) is 0 Å². The van der Waals surface area contributed by atoms with Crippen LogP contribution in [-0.4, -0.2) is 34.4 Å². The van der Waals surface area contributed by atoms with Gasteiger partial charge in [-0.1, -0.05) is 70.5 Å². The minimum Gasteiger partial charge on any atom is -0.481 e. The summed E-state index contributed by atoms with van der Waals surface area (Å²) in [5.41, 5.74) is 2.90. The zero-order valence-electron chi connectivity index (χ0n) is 22.4. The highest BCUT2D eigenvalue weighted by molar-refractivity contribution is 9.10. The molecule has 41 heavy (non-hydrogen) atoms. The summed E-state index contributed by atoms with van der Waals surface area (Å²) in [6, 6.07) is 22.4. The van der Waals surface area contributed by atoms with Gasteiger partial charge >= 0.3 is 5.97 Å². The van der Waals surface area contributed by atoms with Crippen molar-refractivity contribution in [3.63, 3.8) is 0 Å². The second-order valence-electron chi connectivity index (χ2n) is 10.8. The van der Waals surface area contributed by atoms with Crippen molar-refractivity contribution in [3.8, 4) is 17.0 Å². The fraction of sp³-hybridized carbons (Fsp3) is 0.242. The van der Waals surface area contributed by atoms with E-state index in [4.69, 9.17) is 9.72 Å². The molecule has 1 saturated carbocycles. The number of benzene rings is 3. The summed E-state index contributed by atoms with van der Waals surface area (Å²) in [7, 11) is 0. The van der Waals surface area contributed by atoms with Crippen LogP contribution in [0.3, 0.4) is 0 Å². The second kappa shape index (κ2) is 10.4. The monoisotopic (exact) mass is 614 g/mol. The topological polar surface area (TPSA) is 88.5 Å². The molecule has 6 nitrogen and oxygen atoms in total. The quantitative estimate of drug-likeness (QED) is 0.225. The number of alkyl halides is 1. The summed E-state index contributed by atoms with van der Waals surface area (Å²) >= 11 is 3.55. The molecule has 208 valence electrons. The molecule has 3 aromatic carbocycles. The molecule has 3 aliphatic carbocycles. The maximum atomic E-state index is 14.4. The van der Waals surface area contributed by atoms with E-state index in [0.717, 1.165) is 21.3 Å². The summed E-state index contributed by atoms with van der Waals surface area (Å²) in [4.78, 5) is 31.8. The van der Waals surface area contributed by atoms with E-state index in [9.17, 15) is 19.1 Å². The number of hydrogen-bond donors (Lipinski definition) is 2. The van der Waals surface area contributed by atoms with E-state index in [1.54, 1.807) is 30.3 Å². The third-order valence-corrected chi connectivity index (χ3v) is 9.06. The van der Waals surface area contributed by atoms with Crippen molar-refractivity contribution < 1.29 is 23.8 Å². The normalized spacial score (nSPS) is 21.4. The molecule has 8 heteroatoms. The molecule has 2 N–H and O–H groups in total. The molecule has 1 fully saturated rings. The number of para-hydroxylation sites is 1. The van der Waals surface area contributed by atoms with Crippen molar-refractivity contribution in [1.29, 1.82) is 0 Å². The number of halogens is 2. The molecule has 0 unspecified atom stereocenters. The van der Waals surface area contributed by atoms with Crippen LogP contribution in [0.2, 0.25) is 0 Å². The number of carboxylic acids is 1. The second-order valence-corrected chi connectivity index (χ2v) is 11.7. The number of ether oxygens (including phenoxy) is 1. The third-order valence-electron chi connectivity index (χ3n) is 8.56. The first kappa shape index (κ1) is 27.1. The zero-order valence-corrected chi connectivity index (χ0v) is 24.0. The van der Waals surface area contributed by atoms with Crippen LogP contribution in [0.1, 0.15) is 47.2 Å². The Morgan fingerprint density at radius 2 is 1.73 bits per heavy atom. The lowest BCUT2D eigenvalue weighted by Gasteiger charge is -2.51. The SMILES string of the molecule is Cc1c(-c2ccccc2)nc2ccc(Br)cc2c1C(=O)NC12CCC(C(=O)O)(C=C1c1ccccc1OCF)CC2. The number of carbonyl (C=O) groups is 2. The van der Waals surface area contributed by atoms with E-state index < -0.39 is 23.8 Å². The van der Waals surface area contributed by atoms with Gasteiger partial charge in [0, 0.05) is 21.0 Å². The van der Waals surface area contributed by atoms with Gasteiger partial charge in [-0.05, 0) is 68.0 Å². The maximum absolute atomic E-state index is 14.4. The number of aromatic nitrogens is 1.